The van der Waals surface area contributed by atoms with Gasteiger partial charge in [0.25, 0.3) is 5.69 Å². The van der Waals surface area contributed by atoms with Crippen LogP contribution in [0.1, 0.15) is 38.8 Å². The van der Waals surface area contributed by atoms with E-state index in [2.05, 4.69) is 10.6 Å². The molecule has 0 aliphatic rings. The first-order valence-electron chi connectivity index (χ1n) is 8.90. The van der Waals surface area contributed by atoms with Crippen molar-refractivity contribution >= 4 is 17.3 Å². The zero-order valence-electron chi connectivity index (χ0n) is 15.8. The third-order valence-corrected chi connectivity index (χ3v) is 3.90. The Hall–Kier alpha value is -3.09. The van der Waals surface area contributed by atoms with Gasteiger partial charge >= 0.3 is 0 Å². The molecule has 0 aliphatic carbocycles. The van der Waals surface area contributed by atoms with Gasteiger partial charge in [0.05, 0.1) is 17.1 Å². The van der Waals surface area contributed by atoms with Gasteiger partial charge in [-0.3, -0.25) is 14.9 Å². The minimum absolute atomic E-state index is 0.00465. The second kappa shape index (κ2) is 9.56. The van der Waals surface area contributed by atoms with E-state index in [0.717, 1.165) is 11.3 Å². The summed E-state index contributed by atoms with van der Waals surface area (Å²) in [7, 11) is 0. The van der Waals surface area contributed by atoms with E-state index in [1.54, 1.807) is 18.2 Å². The highest BCUT2D eigenvalue weighted by Gasteiger charge is 2.13. The summed E-state index contributed by atoms with van der Waals surface area (Å²) in [6.45, 7) is 6.15. The number of rotatable bonds is 9. The fourth-order valence-corrected chi connectivity index (χ4v) is 2.60. The topological polar surface area (TPSA) is 93.5 Å². The number of para-hydroxylation sites is 2. The molecular weight excluding hydrogens is 346 g/mol. The van der Waals surface area contributed by atoms with E-state index < -0.39 is 4.92 Å². The molecule has 0 saturated carbocycles. The predicted molar refractivity (Wildman–Crippen MR) is 105 cm³/mol. The maximum absolute atomic E-state index is 12.1. The fourth-order valence-electron chi connectivity index (χ4n) is 2.60. The number of hydrogen-bond acceptors (Lipinski definition) is 5. The molecule has 27 heavy (non-hydrogen) atoms. The summed E-state index contributed by atoms with van der Waals surface area (Å²) in [6, 6.07) is 13.8. The van der Waals surface area contributed by atoms with E-state index in [-0.39, 0.29) is 30.2 Å². The maximum atomic E-state index is 12.1. The third-order valence-electron chi connectivity index (χ3n) is 3.90. The molecule has 0 spiro atoms. The lowest BCUT2D eigenvalue weighted by Crippen LogP contribution is -2.28. The predicted octanol–water partition coefficient (Wildman–Crippen LogP) is 4.06. The SMILES string of the molecule is CC(C)Oc1ccc(C(C)NC(=O)CCNc2ccccc2[N+](=O)[O-])cc1. The average Bonchev–Trinajstić information content (AvgIpc) is 2.62. The second-order valence-corrected chi connectivity index (χ2v) is 6.48. The molecule has 0 bridgehead atoms. The summed E-state index contributed by atoms with van der Waals surface area (Å²) in [5.41, 5.74) is 1.38. The van der Waals surface area contributed by atoms with Crippen LogP contribution in [0.25, 0.3) is 0 Å². The number of nitrogens with zero attached hydrogens (tertiary/aromatic N) is 1. The molecule has 2 rings (SSSR count). The van der Waals surface area contributed by atoms with Crippen LogP contribution in [0.5, 0.6) is 5.75 Å². The number of nitro benzene ring substituents is 1. The smallest absolute Gasteiger partial charge is 0.292 e. The molecule has 2 aromatic rings. The summed E-state index contributed by atoms with van der Waals surface area (Å²) in [5, 5.41) is 16.9. The molecular formula is C20H25N3O4. The van der Waals surface area contributed by atoms with Crippen molar-refractivity contribution in [2.45, 2.75) is 39.3 Å². The number of carbonyl (C=O) groups excluding carboxylic acids is 1. The van der Waals surface area contributed by atoms with Gasteiger partial charge in [-0.15, -0.1) is 0 Å². The van der Waals surface area contributed by atoms with Crippen molar-refractivity contribution in [1.29, 1.82) is 0 Å². The second-order valence-electron chi connectivity index (χ2n) is 6.48. The lowest BCUT2D eigenvalue weighted by Gasteiger charge is -2.16. The van der Waals surface area contributed by atoms with Crippen molar-refractivity contribution in [3.8, 4) is 5.75 Å². The van der Waals surface area contributed by atoms with Crippen LogP contribution in [-0.4, -0.2) is 23.5 Å². The quantitative estimate of drug-likeness (QED) is 0.512. The van der Waals surface area contributed by atoms with Crippen molar-refractivity contribution in [2.24, 2.45) is 0 Å². The molecule has 0 saturated heterocycles. The van der Waals surface area contributed by atoms with Crippen molar-refractivity contribution in [3.63, 3.8) is 0 Å². The number of hydrogen-bond donors (Lipinski definition) is 2. The normalized spacial score (nSPS) is 11.7. The molecule has 1 amide bonds. The van der Waals surface area contributed by atoms with Crippen molar-refractivity contribution < 1.29 is 14.5 Å². The molecule has 7 nitrogen and oxygen atoms in total. The van der Waals surface area contributed by atoms with E-state index in [1.165, 1.54) is 6.07 Å². The highest BCUT2D eigenvalue weighted by Crippen LogP contribution is 2.23. The van der Waals surface area contributed by atoms with Crippen LogP contribution < -0.4 is 15.4 Å². The molecule has 2 aromatic carbocycles. The van der Waals surface area contributed by atoms with Crippen LogP contribution in [0.15, 0.2) is 48.5 Å². The van der Waals surface area contributed by atoms with E-state index in [1.807, 2.05) is 45.0 Å². The van der Waals surface area contributed by atoms with Crippen LogP contribution in [0, 0.1) is 10.1 Å². The summed E-state index contributed by atoms with van der Waals surface area (Å²) in [4.78, 5) is 22.7. The molecule has 0 fully saturated rings. The summed E-state index contributed by atoms with van der Waals surface area (Å²) in [5.74, 6) is 0.664. The minimum Gasteiger partial charge on any atom is -0.491 e. The molecule has 0 heterocycles. The Morgan fingerprint density at radius 1 is 1.11 bits per heavy atom. The zero-order valence-corrected chi connectivity index (χ0v) is 15.8. The van der Waals surface area contributed by atoms with E-state index >= 15 is 0 Å². The number of nitrogens with one attached hydrogen (secondary N) is 2. The van der Waals surface area contributed by atoms with Crippen LogP contribution >= 0.6 is 0 Å². The number of amides is 1. The lowest BCUT2D eigenvalue weighted by atomic mass is 10.1. The van der Waals surface area contributed by atoms with Crippen molar-refractivity contribution in [2.75, 3.05) is 11.9 Å². The molecule has 1 unspecified atom stereocenters. The molecule has 0 aliphatic heterocycles. The number of anilines is 1. The first-order chi connectivity index (χ1) is 12.9. The van der Waals surface area contributed by atoms with E-state index in [4.69, 9.17) is 4.74 Å². The minimum atomic E-state index is -0.447. The maximum Gasteiger partial charge on any atom is 0.292 e. The lowest BCUT2D eigenvalue weighted by molar-refractivity contribution is -0.384. The molecule has 1 atom stereocenters. The highest BCUT2D eigenvalue weighted by molar-refractivity contribution is 5.77. The van der Waals surface area contributed by atoms with Gasteiger partial charge in [-0.25, -0.2) is 0 Å². The summed E-state index contributed by atoms with van der Waals surface area (Å²) >= 11 is 0. The number of ether oxygens (including phenoxy) is 1. The van der Waals surface area contributed by atoms with Gasteiger partial charge in [0.15, 0.2) is 0 Å². The van der Waals surface area contributed by atoms with Gasteiger partial charge in [0, 0.05) is 19.0 Å². The Bertz CT molecular complexity index is 775. The molecule has 0 radical (unpaired) electrons. The van der Waals surface area contributed by atoms with E-state index in [0.29, 0.717) is 12.2 Å². The Kier molecular flexibility index (Phi) is 7.16. The monoisotopic (exact) mass is 371 g/mol. The van der Waals surface area contributed by atoms with Gasteiger partial charge in [0.1, 0.15) is 11.4 Å². The zero-order chi connectivity index (χ0) is 19.8. The first-order valence-corrected chi connectivity index (χ1v) is 8.90. The van der Waals surface area contributed by atoms with Gasteiger partial charge in [-0.1, -0.05) is 24.3 Å². The Morgan fingerprint density at radius 2 is 1.78 bits per heavy atom. The standard InChI is InChI=1S/C20H25N3O4/c1-14(2)27-17-10-8-16(9-11-17)15(3)22-20(24)12-13-21-18-6-4-5-7-19(18)23(25)26/h4-11,14-15,21H,12-13H2,1-3H3,(H,22,24). The van der Waals surface area contributed by atoms with Gasteiger partial charge in [-0.2, -0.15) is 0 Å². The Labute approximate surface area is 158 Å². The Balaban J connectivity index is 1.82. The van der Waals surface area contributed by atoms with E-state index in [9.17, 15) is 14.9 Å². The average molecular weight is 371 g/mol. The molecule has 2 N–H and O–H groups in total. The number of carbonyl (C=O) groups is 1. The van der Waals surface area contributed by atoms with Crippen LogP contribution in [0.2, 0.25) is 0 Å². The number of nitro groups is 1. The summed E-state index contributed by atoms with van der Waals surface area (Å²) in [6.07, 6.45) is 0.325. The Morgan fingerprint density at radius 3 is 2.41 bits per heavy atom. The van der Waals surface area contributed by atoms with Gasteiger partial charge in [-0.05, 0) is 44.5 Å². The summed E-state index contributed by atoms with van der Waals surface area (Å²) < 4.78 is 5.61. The fraction of sp³-hybridized carbons (Fsp3) is 0.350. The van der Waals surface area contributed by atoms with Crippen LogP contribution in [0.3, 0.4) is 0 Å². The molecule has 144 valence electrons. The highest BCUT2D eigenvalue weighted by atomic mass is 16.6. The van der Waals surface area contributed by atoms with Crippen LogP contribution in [0.4, 0.5) is 11.4 Å². The molecule has 0 aromatic heterocycles. The molecule has 7 heteroatoms. The number of benzene rings is 2. The van der Waals surface area contributed by atoms with Crippen LogP contribution in [-0.2, 0) is 4.79 Å². The van der Waals surface area contributed by atoms with Crippen molar-refractivity contribution in [3.05, 3.63) is 64.2 Å². The van der Waals surface area contributed by atoms with Crippen molar-refractivity contribution in [1.82, 2.24) is 5.32 Å². The largest absolute Gasteiger partial charge is 0.491 e. The van der Waals surface area contributed by atoms with Gasteiger partial charge < -0.3 is 15.4 Å². The first kappa shape index (κ1) is 20.2. The third kappa shape index (κ3) is 6.29. The van der Waals surface area contributed by atoms with Gasteiger partial charge in [0.2, 0.25) is 5.91 Å².